The first kappa shape index (κ1) is 21.3. The van der Waals surface area contributed by atoms with Crippen LogP contribution in [0.3, 0.4) is 0 Å². The van der Waals surface area contributed by atoms with E-state index in [-0.39, 0.29) is 43.4 Å². The van der Waals surface area contributed by atoms with Crippen molar-refractivity contribution in [2.24, 2.45) is 11.3 Å². The van der Waals surface area contributed by atoms with E-state index in [1.807, 2.05) is 20.8 Å². The van der Waals surface area contributed by atoms with Crippen LogP contribution in [0.4, 0.5) is 8.78 Å². The standard InChI is InChI=1S/C19H29F2N3O3/c1-18(2,3)14(22)11-15(27-4)23-16(25)13-7-10-24(13)17(26)12-5-8-19(20,21)9-6-12/h11-13,22H,5-10H2,1-4H3,(H,23,25)/b15-11-,22-14?/t13-/m0/s1. The van der Waals surface area contributed by atoms with Gasteiger partial charge in [0.1, 0.15) is 6.04 Å². The van der Waals surface area contributed by atoms with Crippen molar-refractivity contribution in [2.45, 2.75) is 64.8 Å². The normalized spacial score (nSPS) is 23.4. The molecule has 6 nitrogen and oxygen atoms in total. The predicted octanol–water partition coefficient (Wildman–Crippen LogP) is 3.08. The molecular weight excluding hydrogens is 356 g/mol. The topological polar surface area (TPSA) is 82.5 Å². The zero-order valence-corrected chi connectivity index (χ0v) is 16.4. The highest BCUT2D eigenvalue weighted by Gasteiger charge is 2.44. The minimum Gasteiger partial charge on any atom is -0.482 e. The van der Waals surface area contributed by atoms with Gasteiger partial charge in [-0.2, -0.15) is 0 Å². The quantitative estimate of drug-likeness (QED) is 0.564. The van der Waals surface area contributed by atoms with Crippen LogP contribution in [0.15, 0.2) is 12.0 Å². The molecule has 1 heterocycles. The van der Waals surface area contributed by atoms with E-state index in [2.05, 4.69) is 5.32 Å². The van der Waals surface area contributed by atoms with E-state index in [0.29, 0.717) is 18.7 Å². The first-order valence-electron chi connectivity index (χ1n) is 9.28. The molecule has 2 rings (SSSR count). The number of halogens is 2. The Hall–Kier alpha value is -1.99. The van der Waals surface area contributed by atoms with Gasteiger partial charge in [0, 0.05) is 42.5 Å². The van der Waals surface area contributed by atoms with Gasteiger partial charge in [-0.15, -0.1) is 0 Å². The SMILES string of the molecule is CO/C(=C\C(=N)C(C)(C)C)NC(=O)[C@@H]1CCN1C(=O)C1CCC(F)(F)CC1. The monoisotopic (exact) mass is 385 g/mol. The lowest BCUT2D eigenvalue weighted by molar-refractivity contribution is -0.153. The maximum absolute atomic E-state index is 13.3. The van der Waals surface area contributed by atoms with Crippen molar-refractivity contribution in [2.75, 3.05) is 13.7 Å². The van der Waals surface area contributed by atoms with Crippen LogP contribution in [-0.2, 0) is 14.3 Å². The molecule has 8 heteroatoms. The summed E-state index contributed by atoms with van der Waals surface area (Å²) in [5.41, 5.74) is -0.0972. The number of alkyl halides is 2. The molecule has 2 aliphatic rings. The highest BCUT2D eigenvalue weighted by Crippen LogP contribution is 2.38. The molecule has 0 unspecified atom stereocenters. The third kappa shape index (κ3) is 5.26. The van der Waals surface area contributed by atoms with Gasteiger partial charge in [0.2, 0.25) is 17.7 Å². The minimum absolute atomic E-state index is 0.150. The van der Waals surface area contributed by atoms with Crippen molar-refractivity contribution < 1.29 is 23.1 Å². The fraction of sp³-hybridized carbons (Fsp3) is 0.737. The highest BCUT2D eigenvalue weighted by molar-refractivity contribution is 5.97. The average Bonchev–Trinajstić information content (AvgIpc) is 2.51. The van der Waals surface area contributed by atoms with Crippen LogP contribution in [0.25, 0.3) is 0 Å². The molecule has 0 aromatic heterocycles. The molecule has 0 bridgehead atoms. The van der Waals surface area contributed by atoms with E-state index in [1.165, 1.54) is 18.1 Å². The third-order valence-electron chi connectivity index (χ3n) is 5.22. The fourth-order valence-electron chi connectivity index (χ4n) is 3.14. The van der Waals surface area contributed by atoms with Gasteiger partial charge in [-0.1, -0.05) is 20.8 Å². The largest absolute Gasteiger partial charge is 0.482 e. The molecule has 2 N–H and O–H groups in total. The Morgan fingerprint density at radius 1 is 1.22 bits per heavy atom. The number of ether oxygens (including phenoxy) is 1. The van der Waals surface area contributed by atoms with Gasteiger partial charge < -0.3 is 15.0 Å². The number of methoxy groups -OCH3 is 1. The molecular formula is C19H29F2N3O3. The number of carbonyl (C=O) groups is 2. The van der Waals surface area contributed by atoms with Gasteiger partial charge in [0.25, 0.3) is 0 Å². The summed E-state index contributed by atoms with van der Waals surface area (Å²) in [6, 6.07) is -0.623. The van der Waals surface area contributed by atoms with Crippen LogP contribution in [0.1, 0.15) is 52.9 Å². The number of likely N-dealkylation sites (tertiary alicyclic amines) is 1. The number of carbonyl (C=O) groups excluding carboxylic acids is 2. The van der Waals surface area contributed by atoms with E-state index in [4.69, 9.17) is 10.1 Å². The molecule has 2 amide bonds. The second-order valence-electron chi connectivity index (χ2n) is 8.33. The zero-order chi connectivity index (χ0) is 20.4. The third-order valence-corrected chi connectivity index (χ3v) is 5.22. The lowest BCUT2D eigenvalue weighted by atomic mass is 9.84. The molecule has 2 fully saturated rings. The Balaban J connectivity index is 1.96. The number of nitrogens with zero attached hydrogens (tertiary/aromatic N) is 1. The lowest BCUT2D eigenvalue weighted by Gasteiger charge is -2.42. The maximum atomic E-state index is 13.3. The summed E-state index contributed by atoms with van der Waals surface area (Å²) in [6.07, 6.45) is 1.73. The van der Waals surface area contributed by atoms with Crippen molar-refractivity contribution in [1.82, 2.24) is 10.2 Å². The Morgan fingerprint density at radius 2 is 1.81 bits per heavy atom. The first-order chi connectivity index (χ1) is 12.4. The number of hydrogen-bond acceptors (Lipinski definition) is 4. The van der Waals surface area contributed by atoms with Crippen LogP contribution >= 0.6 is 0 Å². The summed E-state index contributed by atoms with van der Waals surface area (Å²) in [7, 11) is 1.40. The maximum Gasteiger partial charge on any atom is 0.249 e. The second-order valence-corrected chi connectivity index (χ2v) is 8.33. The van der Waals surface area contributed by atoms with E-state index in [1.54, 1.807) is 0 Å². The van der Waals surface area contributed by atoms with Crippen molar-refractivity contribution in [3.63, 3.8) is 0 Å². The van der Waals surface area contributed by atoms with Gasteiger partial charge in [0.05, 0.1) is 7.11 Å². The van der Waals surface area contributed by atoms with E-state index in [9.17, 15) is 18.4 Å². The van der Waals surface area contributed by atoms with Crippen LogP contribution in [0, 0.1) is 16.7 Å². The number of hydrogen-bond donors (Lipinski definition) is 2. The summed E-state index contributed by atoms with van der Waals surface area (Å²) in [6.45, 7) is 6.08. The predicted molar refractivity (Wildman–Crippen MR) is 97.4 cm³/mol. The smallest absolute Gasteiger partial charge is 0.249 e. The lowest BCUT2D eigenvalue weighted by Crippen LogP contribution is -2.59. The number of rotatable bonds is 5. The Bertz CT molecular complexity index is 631. The number of nitrogens with one attached hydrogen (secondary N) is 2. The van der Waals surface area contributed by atoms with E-state index < -0.39 is 23.3 Å². The molecule has 0 spiro atoms. The summed E-state index contributed by atoms with van der Waals surface area (Å²) < 4.78 is 31.7. The number of allylic oxidation sites excluding steroid dienone is 1. The Kier molecular flexibility index (Phi) is 6.27. The zero-order valence-electron chi connectivity index (χ0n) is 16.4. The molecule has 1 aliphatic heterocycles. The van der Waals surface area contributed by atoms with Crippen LogP contribution in [0.2, 0.25) is 0 Å². The van der Waals surface area contributed by atoms with Gasteiger partial charge in [-0.3, -0.25) is 14.9 Å². The molecule has 27 heavy (non-hydrogen) atoms. The average molecular weight is 385 g/mol. The molecule has 0 aromatic rings. The van der Waals surface area contributed by atoms with E-state index >= 15 is 0 Å². The first-order valence-corrected chi connectivity index (χ1v) is 9.28. The van der Waals surface area contributed by atoms with Gasteiger partial charge in [0.15, 0.2) is 5.88 Å². The van der Waals surface area contributed by atoms with Crippen molar-refractivity contribution >= 4 is 17.5 Å². The molecule has 1 saturated heterocycles. The molecule has 1 aliphatic carbocycles. The van der Waals surface area contributed by atoms with Crippen molar-refractivity contribution in [1.29, 1.82) is 5.41 Å². The van der Waals surface area contributed by atoms with Crippen molar-refractivity contribution in [3.8, 4) is 0 Å². The van der Waals surface area contributed by atoms with Crippen LogP contribution in [0.5, 0.6) is 0 Å². The molecule has 0 radical (unpaired) electrons. The fourth-order valence-corrected chi connectivity index (χ4v) is 3.14. The molecule has 1 atom stereocenters. The van der Waals surface area contributed by atoms with Gasteiger partial charge in [-0.25, -0.2) is 8.78 Å². The Morgan fingerprint density at radius 3 is 2.26 bits per heavy atom. The summed E-state index contributed by atoms with van der Waals surface area (Å²) >= 11 is 0. The van der Waals surface area contributed by atoms with Crippen molar-refractivity contribution in [3.05, 3.63) is 12.0 Å². The van der Waals surface area contributed by atoms with Crippen LogP contribution in [-0.4, -0.2) is 48.0 Å². The summed E-state index contributed by atoms with van der Waals surface area (Å²) in [5.74, 6) is -3.57. The number of amides is 2. The summed E-state index contributed by atoms with van der Waals surface area (Å²) in [4.78, 5) is 26.6. The Labute approximate surface area is 158 Å². The molecule has 152 valence electrons. The summed E-state index contributed by atoms with van der Waals surface area (Å²) in [5, 5.41) is 10.6. The van der Waals surface area contributed by atoms with E-state index in [0.717, 1.165) is 0 Å². The highest BCUT2D eigenvalue weighted by atomic mass is 19.3. The van der Waals surface area contributed by atoms with Gasteiger partial charge >= 0.3 is 0 Å². The van der Waals surface area contributed by atoms with Gasteiger partial charge in [-0.05, 0) is 19.3 Å². The van der Waals surface area contributed by atoms with Crippen LogP contribution < -0.4 is 5.32 Å². The molecule has 0 aromatic carbocycles. The second kappa shape index (κ2) is 7.94. The molecule has 1 saturated carbocycles. The minimum atomic E-state index is -2.68.